The summed E-state index contributed by atoms with van der Waals surface area (Å²) in [5.74, 6) is -0.364. The van der Waals surface area contributed by atoms with E-state index < -0.39 is 5.82 Å². The summed E-state index contributed by atoms with van der Waals surface area (Å²) >= 11 is 0. The summed E-state index contributed by atoms with van der Waals surface area (Å²) in [5.41, 5.74) is 0.0305. The van der Waals surface area contributed by atoms with Gasteiger partial charge in [0, 0.05) is 19.2 Å². The normalized spacial score (nSPS) is 22.6. The van der Waals surface area contributed by atoms with Crippen molar-refractivity contribution in [2.75, 3.05) is 7.05 Å². The minimum absolute atomic E-state index is 0.0305. The summed E-state index contributed by atoms with van der Waals surface area (Å²) in [6.45, 7) is 2.20. The largest absolute Gasteiger partial charge is 0.508 e. The van der Waals surface area contributed by atoms with Gasteiger partial charge < -0.3 is 10.0 Å². The Morgan fingerprint density at radius 1 is 1.35 bits per heavy atom. The van der Waals surface area contributed by atoms with E-state index in [2.05, 4.69) is 6.92 Å². The lowest BCUT2D eigenvalue weighted by atomic mass is 9.84. The molecule has 1 aliphatic rings. The third kappa shape index (κ3) is 3.11. The predicted octanol–water partition coefficient (Wildman–Crippen LogP) is 3.57. The Bertz CT molecular complexity index is 481. The van der Waals surface area contributed by atoms with Crippen molar-refractivity contribution in [3.63, 3.8) is 0 Å². The second-order valence-corrected chi connectivity index (χ2v) is 5.66. The van der Waals surface area contributed by atoms with Crippen LogP contribution in [-0.4, -0.2) is 29.0 Å². The van der Waals surface area contributed by atoms with Crippen molar-refractivity contribution in [2.45, 2.75) is 45.1 Å². The van der Waals surface area contributed by atoms with E-state index in [4.69, 9.17) is 0 Å². The third-order valence-electron chi connectivity index (χ3n) is 4.44. The summed E-state index contributed by atoms with van der Waals surface area (Å²) in [7, 11) is 1.74. The molecule has 0 spiro atoms. The number of amides is 1. The van der Waals surface area contributed by atoms with Crippen LogP contribution < -0.4 is 0 Å². The number of carbonyl (C=O) groups excluding carboxylic acids is 1. The zero-order chi connectivity index (χ0) is 14.7. The van der Waals surface area contributed by atoms with Gasteiger partial charge in [0.2, 0.25) is 0 Å². The molecule has 0 saturated heterocycles. The van der Waals surface area contributed by atoms with Crippen LogP contribution in [0.1, 0.15) is 49.4 Å². The lowest BCUT2D eigenvalue weighted by molar-refractivity contribution is 0.0670. The van der Waals surface area contributed by atoms with Crippen molar-refractivity contribution in [1.82, 2.24) is 4.90 Å². The maximum absolute atomic E-state index is 13.7. The Morgan fingerprint density at radius 2 is 2.00 bits per heavy atom. The van der Waals surface area contributed by atoms with E-state index in [9.17, 15) is 14.3 Å². The molecule has 1 aromatic rings. The molecule has 0 atom stereocenters. The number of carbonyl (C=O) groups is 1. The van der Waals surface area contributed by atoms with Crippen molar-refractivity contribution in [1.29, 1.82) is 0 Å². The highest BCUT2D eigenvalue weighted by molar-refractivity contribution is 5.94. The quantitative estimate of drug-likeness (QED) is 0.918. The van der Waals surface area contributed by atoms with Crippen LogP contribution in [0.15, 0.2) is 18.2 Å². The third-order valence-corrected chi connectivity index (χ3v) is 4.44. The number of nitrogens with zero attached hydrogens (tertiary/aromatic N) is 1. The Hall–Kier alpha value is -1.58. The van der Waals surface area contributed by atoms with E-state index in [1.165, 1.54) is 18.6 Å². The molecule has 1 saturated carbocycles. The summed E-state index contributed by atoms with van der Waals surface area (Å²) in [6.07, 6.45) is 5.44. The van der Waals surface area contributed by atoms with E-state index in [-0.39, 0.29) is 23.3 Å². The Kier molecular flexibility index (Phi) is 4.63. The standard InChI is InChI=1S/C16H22FNO2/c1-3-11-4-6-12(7-5-11)18(2)16(20)14-9-8-13(19)10-15(14)17/h8-12,19H,3-7H2,1-2H3. The van der Waals surface area contributed by atoms with Crippen molar-refractivity contribution in [2.24, 2.45) is 5.92 Å². The van der Waals surface area contributed by atoms with E-state index in [0.29, 0.717) is 0 Å². The highest BCUT2D eigenvalue weighted by Crippen LogP contribution is 2.30. The van der Waals surface area contributed by atoms with Gasteiger partial charge in [0.05, 0.1) is 5.56 Å². The van der Waals surface area contributed by atoms with Crippen molar-refractivity contribution >= 4 is 5.91 Å². The van der Waals surface area contributed by atoms with Crippen LogP contribution >= 0.6 is 0 Å². The lowest BCUT2D eigenvalue weighted by Gasteiger charge is -2.34. The summed E-state index contributed by atoms with van der Waals surface area (Å²) in [5, 5.41) is 9.20. The van der Waals surface area contributed by atoms with Gasteiger partial charge in [0.25, 0.3) is 5.91 Å². The number of phenolic OH excluding ortho intramolecular Hbond substituents is 1. The van der Waals surface area contributed by atoms with Gasteiger partial charge in [0.1, 0.15) is 11.6 Å². The average Bonchev–Trinajstić information content (AvgIpc) is 2.46. The topological polar surface area (TPSA) is 40.5 Å². The molecule has 1 fully saturated rings. The average molecular weight is 279 g/mol. The molecule has 110 valence electrons. The van der Waals surface area contributed by atoms with Gasteiger partial charge >= 0.3 is 0 Å². The van der Waals surface area contributed by atoms with Crippen LogP contribution in [0.4, 0.5) is 4.39 Å². The first-order chi connectivity index (χ1) is 9.52. The second kappa shape index (κ2) is 6.25. The number of benzene rings is 1. The molecule has 0 unspecified atom stereocenters. The van der Waals surface area contributed by atoms with E-state index >= 15 is 0 Å². The molecule has 2 rings (SSSR count). The fourth-order valence-electron chi connectivity index (χ4n) is 2.97. The van der Waals surface area contributed by atoms with Crippen LogP contribution in [0.2, 0.25) is 0 Å². The van der Waals surface area contributed by atoms with Crippen LogP contribution in [0.3, 0.4) is 0 Å². The molecule has 1 aromatic carbocycles. The Labute approximate surface area is 119 Å². The van der Waals surface area contributed by atoms with Crippen molar-refractivity contribution < 1.29 is 14.3 Å². The molecule has 0 radical (unpaired) electrons. The fourth-order valence-corrected chi connectivity index (χ4v) is 2.97. The number of rotatable bonds is 3. The molecule has 4 heteroatoms. The molecule has 3 nitrogen and oxygen atoms in total. The molecule has 0 bridgehead atoms. The Balaban J connectivity index is 2.05. The van der Waals surface area contributed by atoms with Gasteiger partial charge in [-0.3, -0.25) is 4.79 Å². The first-order valence-corrected chi connectivity index (χ1v) is 7.28. The van der Waals surface area contributed by atoms with Gasteiger partial charge in [-0.05, 0) is 43.7 Å². The first-order valence-electron chi connectivity index (χ1n) is 7.28. The SMILES string of the molecule is CCC1CCC(N(C)C(=O)c2ccc(O)cc2F)CC1. The summed E-state index contributed by atoms with van der Waals surface area (Å²) in [4.78, 5) is 14.0. The van der Waals surface area contributed by atoms with Crippen molar-refractivity contribution in [3.8, 4) is 5.75 Å². The maximum Gasteiger partial charge on any atom is 0.256 e. The summed E-state index contributed by atoms with van der Waals surface area (Å²) in [6, 6.07) is 3.87. The van der Waals surface area contributed by atoms with E-state index in [1.54, 1.807) is 11.9 Å². The molecule has 1 N–H and O–H groups in total. The highest BCUT2D eigenvalue weighted by atomic mass is 19.1. The van der Waals surface area contributed by atoms with Crippen LogP contribution in [0.5, 0.6) is 5.75 Å². The van der Waals surface area contributed by atoms with Gasteiger partial charge in [-0.1, -0.05) is 13.3 Å². The molecule has 1 aliphatic carbocycles. The number of phenols is 1. The minimum Gasteiger partial charge on any atom is -0.508 e. The van der Waals surface area contributed by atoms with Crippen LogP contribution in [0.25, 0.3) is 0 Å². The zero-order valence-electron chi connectivity index (χ0n) is 12.1. The van der Waals surface area contributed by atoms with E-state index in [1.807, 2.05) is 0 Å². The van der Waals surface area contributed by atoms with Gasteiger partial charge in [-0.25, -0.2) is 4.39 Å². The van der Waals surface area contributed by atoms with Crippen LogP contribution in [0, 0.1) is 11.7 Å². The number of halogens is 1. The smallest absolute Gasteiger partial charge is 0.256 e. The van der Waals surface area contributed by atoms with Crippen molar-refractivity contribution in [3.05, 3.63) is 29.6 Å². The predicted molar refractivity (Wildman–Crippen MR) is 76.2 cm³/mol. The molecule has 0 aromatic heterocycles. The maximum atomic E-state index is 13.7. The van der Waals surface area contributed by atoms with Crippen LogP contribution in [-0.2, 0) is 0 Å². The molecular formula is C16H22FNO2. The van der Waals surface area contributed by atoms with E-state index in [0.717, 1.165) is 37.7 Å². The monoisotopic (exact) mass is 279 g/mol. The molecular weight excluding hydrogens is 257 g/mol. The molecule has 0 aliphatic heterocycles. The van der Waals surface area contributed by atoms with Gasteiger partial charge in [-0.15, -0.1) is 0 Å². The molecule has 0 heterocycles. The lowest BCUT2D eigenvalue weighted by Crippen LogP contribution is -2.39. The number of hydrogen-bond acceptors (Lipinski definition) is 2. The second-order valence-electron chi connectivity index (χ2n) is 5.66. The van der Waals surface area contributed by atoms with Gasteiger partial charge in [0.15, 0.2) is 0 Å². The summed E-state index contributed by atoms with van der Waals surface area (Å²) < 4.78 is 13.7. The zero-order valence-corrected chi connectivity index (χ0v) is 12.1. The molecule has 1 amide bonds. The number of hydrogen-bond donors (Lipinski definition) is 1. The highest BCUT2D eigenvalue weighted by Gasteiger charge is 2.27. The molecule has 20 heavy (non-hydrogen) atoms. The number of aromatic hydroxyl groups is 1. The first kappa shape index (κ1) is 14.8. The Morgan fingerprint density at radius 3 is 2.55 bits per heavy atom. The van der Waals surface area contributed by atoms with Gasteiger partial charge in [-0.2, -0.15) is 0 Å². The minimum atomic E-state index is -0.663. The fraction of sp³-hybridized carbons (Fsp3) is 0.562.